The molecule has 0 aromatic heterocycles. The molecule has 3 aliphatic heterocycles. The summed E-state index contributed by atoms with van der Waals surface area (Å²) >= 11 is 0. The predicted molar refractivity (Wildman–Crippen MR) is 86.9 cm³/mol. The summed E-state index contributed by atoms with van der Waals surface area (Å²) in [5.74, 6) is 1.96. The molecular formula is C18H22N2O4. The van der Waals surface area contributed by atoms with Crippen LogP contribution in [0.1, 0.15) is 30.1 Å². The first kappa shape index (κ1) is 15.3. The second-order valence-corrected chi connectivity index (χ2v) is 7.01. The van der Waals surface area contributed by atoms with Gasteiger partial charge in [-0.15, -0.1) is 0 Å². The molecule has 1 atom stereocenters. The molecule has 0 N–H and O–H groups in total. The molecule has 0 spiro atoms. The first-order valence-corrected chi connectivity index (χ1v) is 8.59. The Morgan fingerprint density at radius 2 is 1.88 bits per heavy atom. The second-order valence-electron chi connectivity index (χ2n) is 7.01. The number of carbonyl (C=O) groups is 2. The average molecular weight is 330 g/mol. The van der Waals surface area contributed by atoms with E-state index in [4.69, 9.17) is 9.47 Å². The van der Waals surface area contributed by atoms with Crippen LogP contribution in [0.5, 0.6) is 11.5 Å². The van der Waals surface area contributed by atoms with Gasteiger partial charge < -0.3 is 19.3 Å². The molecule has 0 aliphatic carbocycles. The zero-order valence-corrected chi connectivity index (χ0v) is 13.9. The van der Waals surface area contributed by atoms with Gasteiger partial charge in [0.25, 0.3) is 5.91 Å². The van der Waals surface area contributed by atoms with Crippen molar-refractivity contribution in [3.63, 3.8) is 0 Å². The Kier molecular flexibility index (Phi) is 3.82. The van der Waals surface area contributed by atoms with Gasteiger partial charge in [0.2, 0.25) is 12.7 Å². The normalized spacial score (nSPS) is 23.1. The third-order valence-corrected chi connectivity index (χ3v) is 5.11. The fourth-order valence-electron chi connectivity index (χ4n) is 3.66. The Bertz CT molecular complexity index is 669. The van der Waals surface area contributed by atoms with Crippen molar-refractivity contribution >= 4 is 11.8 Å². The maximum absolute atomic E-state index is 12.5. The summed E-state index contributed by atoms with van der Waals surface area (Å²) in [5, 5.41) is 0. The first-order chi connectivity index (χ1) is 11.6. The van der Waals surface area contributed by atoms with Crippen LogP contribution in [0.2, 0.25) is 0 Å². The highest BCUT2D eigenvalue weighted by Gasteiger charge is 2.39. The Morgan fingerprint density at radius 1 is 1.08 bits per heavy atom. The lowest BCUT2D eigenvalue weighted by Gasteiger charge is -2.42. The van der Waals surface area contributed by atoms with Crippen LogP contribution in [0, 0.1) is 11.8 Å². The van der Waals surface area contributed by atoms with E-state index in [-0.39, 0.29) is 24.5 Å². The zero-order valence-electron chi connectivity index (χ0n) is 13.9. The maximum atomic E-state index is 12.5. The van der Waals surface area contributed by atoms with Crippen LogP contribution >= 0.6 is 0 Å². The highest BCUT2D eigenvalue weighted by Crippen LogP contribution is 2.33. The highest BCUT2D eigenvalue weighted by atomic mass is 16.7. The number of fused-ring (bicyclic) bond motifs is 1. The molecule has 2 amide bonds. The number of amides is 2. The SMILES string of the molecule is CC1CCCN(C(=O)C2CN(C(=O)c3ccc4c(c3)OCO4)C2)C1. The van der Waals surface area contributed by atoms with Gasteiger partial charge in [-0.1, -0.05) is 6.92 Å². The van der Waals surface area contributed by atoms with Crippen molar-refractivity contribution in [2.75, 3.05) is 33.0 Å². The summed E-state index contributed by atoms with van der Waals surface area (Å²) in [6, 6.07) is 5.22. The Labute approximate surface area is 141 Å². The lowest BCUT2D eigenvalue weighted by atomic mass is 9.94. The number of hydrogen-bond donors (Lipinski definition) is 0. The topological polar surface area (TPSA) is 59.1 Å². The van der Waals surface area contributed by atoms with Crippen molar-refractivity contribution in [2.45, 2.75) is 19.8 Å². The summed E-state index contributed by atoms with van der Waals surface area (Å²) in [7, 11) is 0. The van der Waals surface area contributed by atoms with Gasteiger partial charge in [-0.2, -0.15) is 0 Å². The monoisotopic (exact) mass is 330 g/mol. The number of likely N-dealkylation sites (tertiary alicyclic amines) is 2. The lowest BCUT2D eigenvalue weighted by Crippen LogP contribution is -2.57. The summed E-state index contributed by atoms with van der Waals surface area (Å²) in [6.07, 6.45) is 2.28. The average Bonchev–Trinajstić information content (AvgIpc) is 3.00. The molecule has 1 aromatic carbocycles. The van der Waals surface area contributed by atoms with E-state index in [0.29, 0.717) is 36.1 Å². The van der Waals surface area contributed by atoms with Gasteiger partial charge in [-0.25, -0.2) is 0 Å². The summed E-state index contributed by atoms with van der Waals surface area (Å²) in [6.45, 7) is 5.12. The number of nitrogens with zero attached hydrogens (tertiary/aromatic N) is 2. The van der Waals surface area contributed by atoms with Crippen molar-refractivity contribution in [3.8, 4) is 11.5 Å². The van der Waals surface area contributed by atoms with E-state index in [1.54, 1.807) is 23.1 Å². The summed E-state index contributed by atoms with van der Waals surface area (Å²) in [4.78, 5) is 28.8. The molecule has 2 fully saturated rings. The van der Waals surface area contributed by atoms with Gasteiger partial charge in [0.1, 0.15) is 0 Å². The van der Waals surface area contributed by atoms with Crippen LogP contribution in [0.4, 0.5) is 0 Å². The number of carbonyl (C=O) groups excluding carboxylic acids is 2. The van der Waals surface area contributed by atoms with Crippen LogP contribution in [0.3, 0.4) is 0 Å². The smallest absolute Gasteiger partial charge is 0.254 e. The molecule has 6 nitrogen and oxygen atoms in total. The summed E-state index contributed by atoms with van der Waals surface area (Å²) < 4.78 is 10.6. The van der Waals surface area contributed by atoms with E-state index in [9.17, 15) is 9.59 Å². The molecule has 24 heavy (non-hydrogen) atoms. The molecule has 3 heterocycles. The maximum Gasteiger partial charge on any atom is 0.254 e. The van der Waals surface area contributed by atoms with Gasteiger partial charge in [-0.3, -0.25) is 9.59 Å². The van der Waals surface area contributed by atoms with Crippen molar-refractivity contribution in [1.29, 1.82) is 0 Å². The largest absolute Gasteiger partial charge is 0.454 e. The third kappa shape index (κ3) is 2.70. The molecule has 0 bridgehead atoms. The van der Waals surface area contributed by atoms with E-state index in [2.05, 4.69) is 6.92 Å². The Morgan fingerprint density at radius 3 is 2.67 bits per heavy atom. The van der Waals surface area contributed by atoms with Gasteiger partial charge in [0, 0.05) is 31.7 Å². The van der Waals surface area contributed by atoms with E-state index >= 15 is 0 Å². The van der Waals surface area contributed by atoms with E-state index in [0.717, 1.165) is 19.5 Å². The molecule has 0 saturated carbocycles. The highest BCUT2D eigenvalue weighted by molar-refractivity contribution is 5.96. The molecule has 6 heteroatoms. The van der Waals surface area contributed by atoms with Crippen molar-refractivity contribution < 1.29 is 19.1 Å². The molecule has 128 valence electrons. The predicted octanol–water partition coefficient (Wildman–Crippen LogP) is 1.75. The van der Waals surface area contributed by atoms with Gasteiger partial charge in [-0.05, 0) is 37.0 Å². The minimum atomic E-state index is -0.0515. The van der Waals surface area contributed by atoms with Crippen LogP contribution in [0.25, 0.3) is 0 Å². The molecule has 1 unspecified atom stereocenters. The van der Waals surface area contributed by atoms with E-state index in [1.807, 2.05) is 4.90 Å². The van der Waals surface area contributed by atoms with Gasteiger partial charge in [0.05, 0.1) is 5.92 Å². The fourth-order valence-corrected chi connectivity index (χ4v) is 3.66. The molecule has 3 aliphatic rings. The number of benzene rings is 1. The Balaban J connectivity index is 1.35. The van der Waals surface area contributed by atoms with Crippen LogP contribution in [-0.4, -0.2) is 54.6 Å². The molecule has 1 aromatic rings. The van der Waals surface area contributed by atoms with E-state index in [1.165, 1.54) is 6.42 Å². The third-order valence-electron chi connectivity index (χ3n) is 5.11. The van der Waals surface area contributed by atoms with Gasteiger partial charge in [0.15, 0.2) is 11.5 Å². The number of piperidine rings is 1. The number of rotatable bonds is 2. The van der Waals surface area contributed by atoms with Crippen molar-refractivity contribution in [1.82, 2.24) is 9.80 Å². The first-order valence-electron chi connectivity index (χ1n) is 8.59. The number of ether oxygens (including phenoxy) is 2. The number of hydrogen-bond acceptors (Lipinski definition) is 4. The van der Waals surface area contributed by atoms with Crippen molar-refractivity contribution in [2.24, 2.45) is 11.8 Å². The minimum absolute atomic E-state index is 0.0479. The van der Waals surface area contributed by atoms with Crippen LogP contribution < -0.4 is 9.47 Å². The summed E-state index contributed by atoms with van der Waals surface area (Å²) in [5.41, 5.74) is 0.580. The molecule has 0 radical (unpaired) electrons. The van der Waals surface area contributed by atoms with Crippen LogP contribution in [0.15, 0.2) is 18.2 Å². The quantitative estimate of drug-likeness (QED) is 0.829. The lowest BCUT2D eigenvalue weighted by molar-refractivity contribution is -0.141. The fraction of sp³-hybridized carbons (Fsp3) is 0.556. The second kappa shape index (κ2) is 6.00. The zero-order chi connectivity index (χ0) is 16.7. The van der Waals surface area contributed by atoms with E-state index < -0.39 is 0 Å². The van der Waals surface area contributed by atoms with Gasteiger partial charge >= 0.3 is 0 Å². The minimum Gasteiger partial charge on any atom is -0.454 e. The molecular weight excluding hydrogens is 308 g/mol. The standard InChI is InChI=1S/C18H22N2O4/c1-12-3-2-6-19(8-12)18(22)14-9-20(10-14)17(21)13-4-5-15-16(7-13)24-11-23-15/h4-5,7,12,14H,2-3,6,8-11H2,1H3. The molecule has 2 saturated heterocycles. The van der Waals surface area contributed by atoms with Crippen LogP contribution in [-0.2, 0) is 4.79 Å². The Hall–Kier alpha value is -2.24. The van der Waals surface area contributed by atoms with Crippen molar-refractivity contribution in [3.05, 3.63) is 23.8 Å². The molecule has 4 rings (SSSR count).